The second-order valence-electron chi connectivity index (χ2n) is 4.86. The summed E-state index contributed by atoms with van der Waals surface area (Å²) >= 11 is 0. The molecule has 2 bridgehead atoms. The van der Waals surface area contributed by atoms with Gasteiger partial charge in [-0.25, -0.2) is 0 Å². The van der Waals surface area contributed by atoms with Gasteiger partial charge in [-0.05, 0) is 12.8 Å². The maximum absolute atomic E-state index is 2.45. The number of piperidine rings is 3. The molecule has 0 amide bonds. The molecule has 0 spiro atoms. The monoisotopic (exact) mass is 154 g/mol. The Morgan fingerprint density at radius 2 is 1.64 bits per heavy atom. The Kier molecular flexibility index (Phi) is 1.54. The Labute approximate surface area is 70.0 Å². The molecular weight excluding hydrogens is 134 g/mol. The van der Waals surface area contributed by atoms with E-state index >= 15 is 0 Å². The third-order valence-corrected chi connectivity index (χ3v) is 4.51. The molecule has 0 aliphatic carbocycles. The predicted octanol–water partition coefficient (Wildman–Crippen LogP) is 1.88. The van der Waals surface area contributed by atoms with E-state index in [0.29, 0.717) is 0 Å². The van der Waals surface area contributed by atoms with Gasteiger partial charge in [-0.3, -0.25) is 0 Å². The van der Waals surface area contributed by atoms with E-state index in [1.165, 1.54) is 30.4 Å². The Morgan fingerprint density at radius 3 is 2.00 bits per heavy atom. The Hall–Kier alpha value is -0.0400. The summed E-state index contributed by atoms with van der Waals surface area (Å²) in [6, 6.07) is 0.919. The number of hydrogen-bond acceptors (Lipinski definition) is 0. The lowest BCUT2D eigenvalue weighted by atomic mass is 9.74. The van der Waals surface area contributed by atoms with Crippen molar-refractivity contribution in [2.45, 2.75) is 32.7 Å². The second kappa shape index (κ2) is 2.22. The van der Waals surface area contributed by atoms with Crippen molar-refractivity contribution in [2.75, 3.05) is 20.1 Å². The van der Waals surface area contributed by atoms with Gasteiger partial charge in [-0.1, -0.05) is 6.92 Å². The third-order valence-electron chi connectivity index (χ3n) is 4.51. The van der Waals surface area contributed by atoms with Crippen LogP contribution >= 0.6 is 0 Å². The van der Waals surface area contributed by atoms with Crippen LogP contribution in [0.3, 0.4) is 0 Å². The van der Waals surface area contributed by atoms with Gasteiger partial charge >= 0.3 is 0 Å². The second-order valence-corrected chi connectivity index (χ2v) is 4.86. The van der Waals surface area contributed by atoms with Crippen molar-refractivity contribution in [3.05, 3.63) is 0 Å². The highest BCUT2D eigenvalue weighted by molar-refractivity contribution is 4.81. The quantitative estimate of drug-likeness (QED) is 0.467. The van der Waals surface area contributed by atoms with Gasteiger partial charge in [0.2, 0.25) is 0 Å². The van der Waals surface area contributed by atoms with Crippen LogP contribution < -0.4 is 0 Å². The molecule has 3 fully saturated rings. The first-order chi connectivity index (χ1) is 5.13. The average molecular weight is 154 g/mol. The van der Waals surface area contributed by atoms with Gasteiger partial charge in [0.1, 0.15) is 0 Å². The third kappa shape index (κ3) is 0.936. The topological polar surface area (TPSA) is 0 Å². The molecule has 0 saturated carbocycles. The number of nitrogens with zero attached hydrogens (tertiary/aromatic N) is 1. The minimum Gasteiger partial charge on any atom is -0.324 e. The van der Waals surface area contributed by atoms with E-state index in [-0.39, 0.29) is 0 Å². The maximum atomic E-state index is 2.45. The number of hydrogen-bond donors (Lipinski definition) is 0. The van der Waals surface area contributed by atoms with E-state index in [4.69, 9.17) is 0 Å². The molecule has 64 valence electrons. The van der Waals surface area contributed by atoms with E-state index in [1.54, 1.807) is 0 Å². The van der Waals surface area contributed by atoms with Crippen LogP contribution in [-0.2, 0) is 0 Å². The van der Waals surface area contributed by atoms with Gasteiger partial charge in [0.15, 0.2) is 0 Å². The van der Waals surface area contributed by atoms with Crippen molar-refractivity contribution in [1.82, 2.24) is 0 Å². The summed E-state index contributed by atoms with van der Waals surface area (Å²) in [5.41, 5.74) is 0. The van der Waals surface area contributed by atoms with Gasteiger partial charge in [0.25, 0.3) is 0 Å². The zero-order chi connectivity index (χ0) is 8.06. The van der Waals surface area contributed by atoms with Gasteiger partial charge in [0, 0.05) is 18.8 Å². The normalized spacial score (nSPS) is 56.5. The fourth-order valence-electron chi connectivity index (χ4n) is 3.07. The van der Waals surface area contributed by atoms with Crippen LogP contribution in [0.2, 0.25) is 0 Å². The average Bonchev–Trinajstić information content (AvgIpc) is 2.01. The van der Waals surface area contributed by atoms with Crippen molar-refractivity contribution in [1.29, 1.82) is 0 Å². The van der Waals surface area contributed by atoms with Crippen molar-refractivity contribution >= 4 is 0 Å². The van der Waals surface area contributed by atoms with Crippen LogP contribution in [0.15, 0.2) is 0 Å². The minimum atomic E-state index is 0.919. The molecule has 0 radical (unpaired) electrons. The molecule has 3 aliphatic heterocycles. The van der Waals surface area contributed by atoms with Crippen LogP contribution in [0.4, 0.5) is 0 Å². The molecule has 3 saturated heterocycles. The van der Waals surface area contributed by atoms with E-state index in [0.717, 1.165) is 17.9 Å². The summed E-state index contributed by atoms with van der Waals surface area (Å²) in [6.45, 7) is 7.77. The molecule has 3 aliphatic rings. The largest absolute Gasteiger partial charge is 0.324 e. The smallest absolute Gasteiger partial charge is 0.0888 e. The van der Waals surface area contributed by atoms with E-state index < -0.39 is 0 Å². The van der Waals surface area contributed by atoms with Crippen molar-refractivity contribution in [2.24, 2.45) is 11.8 Å². The highest BCUT2D eigenvalue weighted by Crippen LogP contribution is 2.40. The van der Waals surface area contributed by atoms with Crippen LogP contribution in [0, 0.1) is 11.8 Å². The molecule has 1 heteroatoms. The summed E-state index contributed by atoms with van der Waals surface area (Å²) in [4.78, 5) is 0. The lowest BCUT2D eigenvalue weighted by Crippen LogP contribution is -2.63. The lowest BCUT2D eigenvalue weighted by molar-refractivity contribution is -0.951. The first-order valence-corrected chi connectivity index (χ1v) is 4.98. The highest BCUT2D eigenvalue weighted by Gasteiger charge is 2.46. The summed E-state index contributed by atoms with van der Waals surface area (Å²) in [5.74, 6) is 2.03. The standard InChI is InChI=1S/C10H20N/c1-8-9(2)11(3)6-4-10(8)5-7-11/h8-10H,4-7H2,1-3H3/q+1/t8-,9+,10?,11?/m1/s1. The van der Waals surface area contributed by atoms with Gasteiger partial charge < -0.3 is 4.48 Å². The summed E-state index contributed by atoms with van der Waals surface area (Å²) < 4.78 is 1.36. The lowest BCUT2D eigenvalue weighted by Gasteiger charge is -2.54. The van der Waals surface area contributed by atoms with E-state index in [9.17, 15) is 0 Å². The molecule has 3 rings (SSSR count). The molecule has 0 unspecified atom stereocenters. The Morgan fingerprint density at radius 1 is 1.09 bits per heavy atom. The fraction of sp³-hybridized carbons (Fsp3) is 1.00. The van der Waals surface area contributed by atoms with Crippen LogP contribution in [0.5, 0.6) is 0 Å². The Bertz CT molecular complexity index is 156. The maximum Gasteiger partial charge on any atom is 0.0888 e. The molecule has 0 N–H and O–H groups in total. The molecule has 2 atom stereocenters. The molecule has 0 aromatic heterocycles. The molecule has 3 heterocycles. The minimum absolute atomic E-state index is 0.919. The first-order valence-electron chi connectivity index (χ1n) is 4.98. The summed E-state index contributed by atoms with van der Waals surface area (Å²) in [5, 5.41) is 0. The number of quaternary nitrogens is 1. The van der Waals surface area contributed by atoms with Crippen LogP contribution in [0.25, 0.3) is 0 Å². The molecule has 0 aromatic carbocycles. The Balaban J connectivity index is 2.23. The number of fused-ring (bicyclic) bond motifs is 3. The van der Waals surface area contributed by atoms with Crippen molar-refractivity contribution < 1.29 is 4.48 Å². The predicted molar refractivity (Wildman–Crippen MR) is 47.3 cm³/mol. The zero-order valence-electron chi connectivity index (χ0n) is 8.01. The SMILES string of the molecule is C[C@H]1C2CC[N+](C)(CC2)[C@H]1C. The first kappa shape index (κ1) is 7.60. The summed E-state index contributed by atoms with van der Waals surface area (Å²) in [6.07, 6.45) is 2.98. The van der Waals surface area contributed by atoms with Crippen molar-refractivity contribution in [3.8, 4) is 0 Å². The van der Waals surface area contributed by atoms with Gasteiger partial charge in [-0.15, -0.1) is 0 Å². The highest BCUT2D eigenvalue weighted by atomic mass is 15.4. The van der Waals surface area contributed by atoms with Gasteiger partial charge in [0.05, 0.1) is 26.2 Å². The van der Waals surface area contributed by atoms with E-state index in [2.05, 4.69) is 20.9 Å². The summed E-state index contributed by atoms with van der Waals surface area (Å²) in [7, 11) is 2.44. The fourth-order valence-corrected chi connectivity index (χ4v) is 3.07. The van der Waals surface area contributed by atoms with Gasteiger partial charge in [-0.2, -0.15) is 0 Å². The van der Waals surface area contributed by atoms with Crippen LogP contribution in [0.1, 0.15) is 26.7 Å². The molecule has 1 nitrogen and oxygen atoms in total. The zero-order valence-corrected chi connectivity index (χ0v) is 8.01. The molecule has 0 aromatic rings. The molecular formula is C10H20N+. The number of rotatable bonds is 0. The van der Waals surface area contributed by atoms with Crippen LogP contribution in [-0.4, -0.2) is 30.7 Å². The molecule has 11 heavy (non-hydrogen) atoms. The van der Waals surface area contributed by atoms with Crippen molar-refractivity contribution in [3.63, 3.8) is 0 Å². The van der Waals surface area contributed by atoms with E-state index in [1.807, 2.05) is 0 Å².